The van der Waals surface area contributed by atoms with Gasteiger partial charge in [0.15, 0.2) is 5.96 Å². The van der Waals surface area contributed by atoms with Crippen LogP contribution in [0.2, 0.25) is 0 Å². The number of hydrogen-bond acceptors (Lipinski definition) is 4. The molecular weight excluding hydrogens is 354 g/mol. The molecule has 6 heteroatoms. The van der Waals surface area contributed by atoms with E-state index in [-0.39, 0.29) is 6.61 Å². The van der Waals surface area contributed by atoms with Gasteiger partial charge in [-0.05, 0) is 44.5 Å². The molecule has 0 saturated carbocycles. The molecule has 6 nitrogen and oxygen atoms in total. The molecule has 28 heavy (non-hydrogen) atoms. The molecule has 1 atom stereocenters. The molecule has 2 aromatic rings. The van der Waals surface area contributed by atoms with Crippen molar-refractivity contribution in [2.24, 2.45) is 4.99 Å². The van der Waals surface area contributed by atoms with Crippen LogP contribution >= 0.6 is 0 Å². The zero-order valence-electron chi connectivity index (χ0n) is 16.9. The molecule has 1 unspecified atom stereocenters. The van der Waals surface area contributed by atoms with Crippen molar-refractivity contribution in [1.82, 2.24) is 10.6 Å². The van der Waals surface area contributed by atoms with Crippen LogP contribution in [0.5, 0.6) is 11.5 Å². The summed E-state index contributed by atoms with van der Waals surface area (Å²) in [6.45, 7) is 8.36. The fraction of sp³-hybridized carbons (Fsp3) is 0.409. The Hall–Kier alpha value is -2.73. The second-order valence-corrected chi connectivity index (χ2v) is 6.40. The lowest BCUT2D eigenvalue weighted by Crippen LogP contribution is -2.42. The number of aryl methyl sites for hydroxylation is 1. The van der Waals surface area contributed by atoms with Crippen LogP contribution in [0.4, 0.5) is 0 Å². The maximum Gasteiger partial charge on any atom is 0.191 e. The summed E-state index contributed by atoms with van der Waals surface area (Å²) in [5.41, 5.74) is 2.14. The zero-order valence-corrected chi connectivity index (χ0v) is 16.9. The molecule has 2 rings (SSSR count). The molecule has 0 aliphatic carbocycles. The molecule has 0 fully saturated rings. The number of hydrogen-bond donors (Lipinski definition) is 3. The van der Waals surface area contributed by atoms with Gasteiger partial charge in [-0.2, -0.15) is 0 Å². The average molecular weight is 386 g/mol. The van der Waals surface area contributed by atoms with Crippen molar-refractivity contribution < 1.29 is 14.6 Å². The second kappa shape index (κ2) is 11.9. The molecule has 0 radical (unpaired) electrons. The molecular formula is C22H31N3O3. The SMILES string of the molecule is CCNC(=NCc1ccccc1OCC)NCC(O)COc1cccc(C)c1. The minimum Gasteiger partial charge on any atom is -0.494 e. The van der Waals surface area contributed by atoms with Gasteiger partial charge < -0.3 is 25.2 Å². The Bertz CT molecular complexity index is 749. The van der Waals surface area contributed by atoms with E-state index in [1.807, 2.05) is 69.3 Å². The largest absolute Gasteiger partial charge is 0.494 e. The predicted molar refractivity (Wildman–Crippen MR) is 113 cm³/mol. The summed E-state index contributed by atoms with van der Waals surface area (Å²) >= 11 is 0. The van der Waals surface area contributed by atoms with Crippen molar-refractivity contribution in [3.05, 3.63) is 59.7 Å². The number of benzene rings is 2. The quantitative estimate of drug-likeness (QED) is 0.433. The highest BCUT2D eigenvalue weighted by Crippen LogP contribution is 2.18. The van der Waals surface area contributed by atoms with Crippen LogP contribution in [0.15, 0.2) is 53.5 Å². The van der Waals surface area contributed by atoms with Crippen molar-refractivity contribution in [2.75, 3.05) is 26.3 Å². The van der Waals surface area contributed by atoms with E-state index in [9.17, 15) is 5.11 Å². The summed E-state index contributed by atoms with van der Waals surface area (Å²) in [4.78, 5) is 4.59. The fourth-order valence-electron chi connectivity index (χ4n) is 2.61. The summed E-state index contributed by atoms with van der Waals surface area (Å²) in [5.74, 6) is 2.24. The van der Waals surface area contributed by atoms with Crippen molar-refractivity contribution in [3.63, 3.8) is 0 Å². The van der Waals surface area contributed by atoms with Crippen molar-refractivity contribution in [2.45, 2.75) is 33.4 Å². The lowest BCUT2D eigenvalue weighted by Gasteiger charge is -2.16. The summed E-state index contributed by atoms with van der Waals surface area (Å²) in [7, 11) is 0. The number of ether oxygens (including phenoxy) is 2. The van der Waals surface area contributed by atoms with E-state index in [4.69, 9.17) is 9.47 Å². The number of rotatable bonds is 10. The maximum absolute atomic E-state index is 10.2. The van der Waals surface area contributed by atoms with Gasteiger partial charge in [0.05, 0.1) is 13.2 Å². The van der Waals surface area contributed by atoms with Crippen molar-refractivity contribution >= 4 is 5.96 Å². The van der Waals surface area contributed by atoms with E-state index in [0.717, 1.165) is 29.2 Å². The van der Waals surface area contributed by atoms with Gasteiger partial charge in [-0.3, -0.25) is 0 Å². The van der Waals surface area contributed by atoms with Gasteiger partial charge in [-0.15, -0.1) is 0 Å². The molecule has 0 saturated heterocycles. The molecule has 3 N–H and O–H groups in total. The third kappa shape index (κ3) is 7.48. The van der Waals surface area contributed by atoms with Crippen LogP contribution in [0, 0.1) is 6.92 Å². The Morgan fingerprint density at radius 1 is 1.07 bits per heavy atom. The Morgan fingerprint density at radius 3 is 2.64 bits per heavy atom. The number of aliphatic imine (C=N–C) groups is 1. The first-order valence-electron chi connectivity index (χ1n) is 9.72. The van der Waals surface area contributed by atoms with Crippen LogP contribution in [0.3, 0.4) is 0 Å². The van der Waals surface area contributed by atoms with Gasteiger partial charge in [0.1, 0.15) is 24.2 Å². The third-order valence-electron chi connectivity index (χ3n) is 3.96. The summed E-state index contributed by atoms with van der Waals surface area (Å²) in [5, 5.41) is 16.6. The van der Waals surface area contributed by atoms with E-state index in [1.165, 1.54) is 0 Å². The molecule has 152 valence electrons. The summed E-state index contributed by atoms with van der Waals surface area (Å²) < 4.78 is 11.3. The number of aliphatic hydroxyl groups is 1. The van der Waals surface area contributed by atoms with Gasteiger partial charge in [-0.25, -0.2) is 4.99 Å². The van der Waals surface area contributed by atoms with E-state index in [0.29, 0.717) is 25.7 Å². The first-order valence-corrected chi connectivity index (χ1v) is 9.72. The maximum atomic E-state index is 10.2. The molecule has 0 bridgehead atoms. The van der Waals surface area contributed by atoms with Gasteiger partial charge in [0.2, 0.25) is 0 Å². The monoisotopic (exact) mass is 385 g/mol. The van der Waals surface area contributed by atoms with Gasteiger partial charge in [-0.1, -0.05) is 30.3 Å². The standard InChI is InChI=1S/C22H31N3O3/c1-4-23-22(24-14-18-10-6-7-12-21(18)27-5-2)25-15-19(26)16-28-20-11-8-9-17(3)13-20/h6-13,19,26H,4-5,14-16H2,1-3H3,(H2,23,24,25). The molecule has 2 aromatic carbocycles. The minimum absolute atomic E-state index is 0.211. The Morgan fingerprint density at radius 2 is 1.89 bits per heavy atom. The highest BCUT2D eigenvalue weighted by atomic mass is 16.5. The highest BCUT2D eigenvalue weighted by molar-refractivity contribution is 5.79. The van der Waals surface area contributed by atoms with Crippen LogP contribution in [-0.2, 0) is 6.54 Å². The molecule has 0 amide bonds. The van der Waals surface area contributed by atoms with Crippen LogP contribution in [-0.4, -0.2) is 43.5 Å². The lowest BCUT2D eigenvalue weighted by molar-refractivity contribution is 0.110. The van der Waals surface area contributed by atoms with E-state index in [1.54, 1.807) is 0 Å². The topological polar surface area (TPSA) is 75.1 Å². The van der Waals surface area contributed by atoms with Crippen molar-refractivity contribution in [3.8, 4) is 11.5 Å². The predicted octanol–water partition coefficient (Wildman–Crippen LogP) is 2.89. The molecule has 0 aromatic heterocycles. The highest BCUT2D eigenvalue weighted by Gasteiger charge is 2.08. The zero-order chi connectivity index (χ0) is 20.2. The number of nitrogens with zero attached hydrogens (tertiary/aromatic N) is 1. The molecule has 0 heterocycles. The van der Waals surface area contributed by atoms with Gasteiger partial charge >= 0.3 is 0 Å². The minimum atomic E-state index is -0.653. The third-order valence-corrected chi connectivity index (χ3v) is 3.96. The Labute approximate surface area is 167 Å². The van der Waals surface area contributed by atoms with Gasteiger partial charge in [0, 0.05) is 18.7 Å². The van der Waals surface area contributed by atoms with Crippen LogP contribution in [0.25, 0.3) is 0 Å². The lowest BCUT2D eigenvalue weighted by atomic mass is 10.2. The number of aliphatic hydroxyl groups excluding tert-OH is 1. The summed E-state index contributed by atoms with van der Waals surface area (Å²) in [6.07, 6.45) is -0.653. The van der Waals surface area contributed by atoms with E-state index < -0.39 is 6.10 Å². The molecule has 0 aliphatic rings. The van der Waals surface area contributed by atoms with E-state index >= 15 is 0 Å². The fourth-order valence-corrected chi connectivity index (χ4v) is 2.61. The first-order chi connectivity index (χ1) is 13.6. The second-order valence-electron chi connectivity index (χ2n) is 6.40. The smallest absolute Gasteiger partial charge is 0.191 e. The normalized spacial score (nSPS) is 12.4. The molecule has 0 aliphatic heterocycles. The molecule has 0 spiro atoms. The Balaban J connectivity index is 1.86. The number of nitrogens with one attached hydrogen (secondary N) is 2. The van der Waals surface area contributed by atoms with E-state index in [2.05, 4.69) is 15.6 Å². The summed E-state index contributed by atoms with van der Waals surface area (Å²) in [6, 6.07) is 15.6. The number of para-hydroxylation sites is 1. The first kappa shape index (κ1) is 21.6. The number of guanidine groups is 1. The van der Waals surface area contributed by atoms with Gasteiger partial charge in [0.25, 0.3) is 0 Å². The average Bonchev–Trinajstić information content (AvgIpc) is 2.70. The van der Waals surface area contributed by atoms with Crippen molar-refractivity contribution in [1.29, 1.82) is 0 Å². The van der Waals surface area contributed by atoms with Crippen LogP contribution in [0.1, 0.15) is 25.0 Å². The Kier molecular flexibility index (Phi) is 9.15. The van der Waals surface area contributed by atoms with Crippen LogP contribution < -0.4 is 20.1 Å².